The van der Waals surface area contributed by atoms with Gasteiger partial charge in [-0.05, 0) is 31.0 Å². The Morgan fingerprint density at radius 1 is 1.42 bits per heavy atom. The van der Waals surface area contributed by atoms with Crippen LogP contribution in [-0.4, -0.2) is 34.5 Å². The van der Waals surface area contributed by atoms with Crippen molar-refractivity contribution in [1.82, 2.24) is 0 Å². The van der Waals surface area contributed by atoms with Gasteiger partial charge in [0.2, 0.25) is 0 Å². The lowest BCUT2D eigenvalue weighted by Gasteiger charge is -2.14. The second-order valence-electron chi connectivity index (χ2n) is 4.68. The van der Waals surface area contributed by atoms with Gasteiger partial charge in [-0.15, -0.1) is 0 Å². The normalized spacial score (nSPS) is 24.3. The Morgan fingerprint density at radius 3 is 2.74 bits per heavy atom. The largest absolute Gasteiger partial charge is 0.493 e. The number of rotatable bonds is 6. The fourth-order valence-corrected chi connectivity index (χ4v) is 3.59. The molecule has 0 saturated carbocycles. The molecule has 1 aromatic carbocycles. The smallest absolute Gasteiger partial charge is 0.119 e. The number of benzene rings is 1. The topological polar surface area (TPSA) is 61.5 Å². The van der Waals surface area contributed by atoms with E-state index in [1.54, 1.807) is 0 Å². The van der Waals surface area contributed by atoms with Crippen LogP contribution in [0.4, 0.5) is 0 Å². The summed E-state index contributed by atoms with van der Waals surface area (Å²) in [5.41, 5.74) is 6.61. The zero-order chi connectivity index (χ0) is 13.7. The van der Waals surface area contributed by atoms with Crippen molar-refractivity contribution in [3.8, 4) is 5.75 Å². The van der Waals surface area contributed by atoms with Crippen LogP contribution in [0.25, 0.3) is 0 Å². The third kappa shape index (κ3) is 4.03. The van der Waals surface area contributed by atoms with E-state index in [0.717, 1.165) is 24.3 Å². The molecule has 1 aliphatic heterocycles. The van der Waals surface area contributed by atoms with E-state index in [9.17, 15) is 4.21 Å². The third-order valence-corrected chi connectivity index (χ3v) is 5.22. The molecule has 0 spiro atoms. The van der Waals surface area contributed by atoms with E-state index in [0.29, 0.717) is 18.9 Å². The molecule has 19 heavy (non-hydrogen) atoms. The molecule has 2 N–H and O–H groups in total. The van der Waals surface area contributed by atoms with E-state index in [2.05, 4.69) is 0 Å². The second-order valence-corrected chi connectivity index (χ2v) is 6.46. The predicted molar refractivity (Wildman–Crippen MR) is 76.7 cm³/mol. The standard InChI is InChI=1S/C14H21NO3S/c1-11-14(6-7-17-11)19(16)9-8-18-13-4-2-12(10-15)3-5-13/h2-5,11,14H,6-10,15H2,1H3. The molecule has 2 rings (SSSR count). The van der Waals surface area contributed by atoms with Crippen molar-refractivity contribution in [3.05, 3.63) is 29.8 Å². The van der Waals surface area contributed by atoms with Crippen molar-refractivity contribution in [2.45, 2.75) is 31.2 Å². The van der Waals surface area contributed by atoms with Gasteiger partial charge in [-0.1, -0.05) is 12.1 Å². The summed E-state index contributed by atoms with van der Waals surface area (Å²) in [4.78, 5) is 0. The van der Waals surface area contributed by atoms with Gasteiger partial charge in [-0.25, -0.2) is 0 Å². The molecule has 1 aromatic rings. The summed E-state index contributed by atoms with van der Waals surface area (Å²) in [5.74, 6) is 1.35. The molecule has 4 nitrogen and oxygen atoms in total. The summed E-state index contributed by atoms with van der Waals surface area (Å²) >= 11 is 0. The number of hydrogen-bond acceptors (Lipinski definition) is 4. The summed E-state index contributed by atoms with van der Waals surface area (Å²) in [6.45, 7) is 3.71. The SMILES string of the molecule is CC1OCCC1S(=O)CCOc1ccc(CN)cc1. The number of hydrogen-bond donors (Lipinski definition) is 1. The summed E-state index contributed by atoms with van der Waals surface area (Å²) in [5, 5.41) is 0.156. The highest BCUT2D eigenvalue weighted by Gasteiger charge is 2.29. The molecule has 0 bridgehead atoms. The van der Waals surface area contributed by atoms with E-state index >= 15 is 0 Å². The zero-order valence-corrected chi connectivity index (χ0v) is 12.0. The van der Waals surface area contributed by atoms with Gasteiger partial charge in [0, 0.05) is 24.0 Å². The lowest BCUT2D eigenvalue weighted by Crippen LogP contribution is -2.26. The molecule has 5 heteroatoms. The van der Waals surface area contributed by atoms with E-state index in [4.69, 9.17) is 15.2 Å². The van der Waals surface area contributed by atoms with Crippen molar-refractivity contribution >= 4 is 10.8 Å². The first-order valence-electron chi connectivity index (χ1n) is 6.61. The van der Waals surface area contributed by atoms with Crippen LogP contribution in [0.3, 0.4) is 0 Å². The van der Waals surface area contributed by atoms with Crippen LogP contribution >= 0.6 is 0 Å². The molecule has 106 valence electrons. The average molecular weight is 283 g/mol. The Balaban J connectivity index is 1.75. The van der Waals surface area contributed by atoms with E-state index < -0.39 is 10.8 Å². The lowest BCUT2D eigenvalue weighted by molar-refractivity contribution is 0.127. The fourth-order valence-electron chi connectivity index (χ4n) is 2.17. The number of nitrogens with two attached hydrogens (primary N) is 1. The van der Waals surface area contributed by atoms with Crippen LogP contribution in [-0.2, 0) is 22.1 Å². The summed E-state index contributed by atoms with van der Waals surface area (Å²) in [6.07, 6.45) is 0.989. The van der Waals surface area contributed by atoms with Gasteiger partial charge in [-0.2, -0.15) is 0 Å². The maximum Gasteiger partial charge on any atom is 0.119 e. The van der Waals surface area contributed by atoms with Crippen molar-refractivity contribution in [3.63, 3.8) is 0 Å². The van der Waals surface area contributed by atoms with Crippen LogP contribution in [0.5, 0.6) is 5.75 Å². The zero-order valence-electron chi connectivity index (χ0n) is 11.2. The molecule has 0 aromatic heterocycles. The van der Waals surface area contributed by atoms with Crippen molar-refractivity contribution in [2.75, 3.05) is 19.0 Å². The summed E-state index contributed by atoms with van der Waals surface area (Å²) in [6, 6.07) is 7.68. The third-order valence-electron chi connectivity index (χ3n) is 3.36. The van der Waals surface area contributed by atoms with Crippen LogP contribution in [0, 0.1) is 0 Å². The van der Waals surface area contributed by atoms with Crippen molar-refractivity contribution in [2.24, 2.45) is 5.73 Å². The monoisotopic (exact) mass is 283 g/mol. The first-order chi connectivity index (χ1) is 9.20. The van der Waals surface area contributed by atoms with Crippen LogP contribution < -0.4 is 10.5 Å². The van der Waals surface area contributed by atoms with Crippen LogP contribution in [0.1, 0.15) is 18.9 Å². The minimum absolute atomic E-state index is 0.102. The predicted octanol–water partition coefficient (Wildman–Crippen LogP) is 1.45. The minimum atomic E-state index is -0.875. The molecule has 0 amide bonds. The maximum atomic E-state index is 12.1. The van der Waals surface area contributed by atoms with Gasteiger partial charge in [0.25, 0.3) is 0 Å². The molecular weight excluding hydrogens is 262 g/mol. The quantitative estimate of drug-likeness (QED) is 0.858. The van der Waals surface area contributed by atoms with Crippen LogP contribution in [0.15, 0.2) is 24.3 Å². The molecule has 3 unspecified atom stereocenters. The Hall–Kier alpha value is -0.910. The highest BCUT2D eigenvalue weighted by molar-refractivity contribution is 7.85. The summed E-state index contributed by atoms with van der Waals surface area (Å²) in [7, 11) is -0.875. The first kappa shape index (κ1) is 14.5. The molecule has 1 aliphatic rings. The van der Waals surface area contributed by atoms with Gasteiger partial charge in [0.05, 0.1) is 23.7 Å². The Labute approximate surface area is 116 Å². The Morgan fingerprint density at radius 2 is 2.16 bits per heavy atom. The van der Waals surface area contributed by atoms with Gasteiger partial charge >= 0.3 is 0 Å². The fraction of sp³-hybridized carbons (Fsp3) is 0.571. The molecule has 0 aliphatic carbocycles. The van der Waals surface area contributed by atoms with Crippen LogP contribution in [0.2, 0.25) is 0 Å². The molecular formula is C14H21NO3S. The second kappa shape index (κ2) is 7.03. The van der Waals surface area contributed by atoms with Gasteiger partial charge in [0.15, 0.2) is 0 Å². The molecule has 3 atom stereocenters. The molecule has 1 heterocycles. The first-order valence-corrected chi connectivity index (χ1v) is 7.99. The van der Waals surface area contributed by atoms with Gasteiger partial charge in [-0.3, -0.25) is 4.21 Å². The van der Waals surface area contributed by atoms with Crippen molar-refractivity contribution in [1.29, 1.82) is 0 Å². The minimum Gasteiger partial charge on any atom is -0.493 e. The maximum absolute atomic E-state index is 12.1. The average Bonchev–Trinajstić information content (AvgIpc) is 2.86. The van der Waals surface area contributed by atoms with E-state index in [-0.39, 0.29) is 11.4 Å². The van der Waals surface area contributed by atoms with Gasteiger partial charge in [0.1, 0.15) is 5.75 Å². The Kier molecular flexibility index (Phi) is 5.36. The number of ether oxygens (including phenoxy) is 2. The molecule has 1 saturated heterocycles. The van der Waals surface area contributed by atoms with E-state index in [1.807, 2.05) is 31.2 Å². The lowest BCUT2D eigenvalue weighted by atomic mass is 10.2. The molecule has 0 radical (unpaired) electrons. The highest BCUT2D eigenvalue weighted by Crippen LogP contribution is 2.19. The Bertz CT molecular complexity index is 421. The molecule has 1 fully saturated rings. The van der Waals surface area contributed by atoms with Crippen molar-refractivity contribution < 1.29 is 13.7 Å². The van der Waals surface area contributed by atoms with Gasteiger partial charge < -0.3 is 15.2 Å². The van der Waals surface area contributed by atoms with E-state index in [1.165, 1.54) is 0 Å². The summed E-state index contributed by atoms with van der Waals surface area (Å²) < 4.78 is 23.1. The highest BCUT2D eigenvalue weighted by atomic mass is 32.2.